The van der Waals surface area contributed by atoms with E-state index in [4.69, 9.17) is 4.74 Å². The van der Waals surface area contributed by atoms with Crippen molar-refractivity contribution < 1.29 is 9.84 Å². The number of aryl methyl sites for hydroxylation is 1. The molecule has 4 nitrogen and oxygen atoms in total. The summed E-state index contributed by atoms with van der Waals surface area (Å²) in [5, 5.41) is 15.7. The first-order valence-corrected chi connectivity index (χ1v) is 5.84. The molecule has 1 rings (SSSR count). The molecule has 15 heavy (non-hydrogen) atoms. The maximum atomic E-state index is 9.45. The number of aliphatic hydroxyl groups excluding tert-OH is 1. The van der Waals surface area contributed by atoms with Gasteiger partial charge in [-0.05, 0) is 13.8 Å². The molecule has 1 aromatic rings. The van der Waals surface area contributed by atoms with Crippen molar-refractivity contribution in [1.82, 2.24) is 10.3 Å². The van der Waals surface area contributed by atoms with E-state index in [0.29, 0.717) is 13.2 Å². The van der Waals surface area contributed by atoms with Crippen LogP contribution in [0.5, 0.6) is 0 Å². The minimum absolute atomic E-state index is 0.176. The first-order chi connectivity index (χ1) is 7.13. The number of thiazole rings is 1. The van der Waals surface area contributed by atoms with Gasteiger partial charge in [-0.15, -0.1) is 11.3 Å². The second-order valence-electron chi connectivity index (χ2n) is 3.57. The first-order valence-electron chi connectivity index (χ1n) is 4.96. The van der Waals surface area contributed by atoms with Gasteiger partial charge in [-0.2, -0.15) is 0 Å². The number of aromatic nitrogens is 1. The summed E-state index contributed by atoms with van der Waals surface area (Å²) in [6.45, 7) is 4.90. The Morgan fingerprint density at radius 3 is 2.93 bits per heavy atom. The van der Waals surface area contributed by atoms with E-state index in [9.17, 15) is 5.11 Å². The van der Waals surface area contributed by atoms with E-state index >= 15 is 0 Å². The van der Waals surface area contributed by atoms with E-state index in [-0.39, 0.29) is 6.04 Å². The van der Waals surface area contributed by atoms with Gasteiger partial charge in [0.05, 0.1) is 18.8 Å². The quantitative estimate of drug-likeness (QED) is 0.768. The van der Waals surface area contributed by atoms with Crippen molar-refractivity contribution in [2.45, 2.75) is 26.0 Å². The molecule has 2 N–H and O–H groups in total. The molecule has 0 spiro atoms. The molecule has 0 aromatic carbocycles. The van der Waals surface area contributed by atoms with Gasteiger partial charge >= 0.3 is 0 Å². The Kier molecular flexibility index (Phi) is 5.17. The second-order valence-corrected chi connectivity index (χ2v) is 4.46. The molecule has 0 aliphatic heterocycles. The molecule has 1 aromatic heterocycles. The van der Waals surface area contributed by atoms with Crippen molar-refractivity contribution in [2.75, 3.05) is 20.3 Å². The zero-order valence-corrected chi connectivity index (χ0v) is 10.2. The molecular weight excluding hydrogens is 212 g/mol. The monoisotopic (exact) mass is 230 g/mol. The largest absolute Gasteiger partial charge is 0.389 e. The summed E-state index contributed by atoms with van der Waals surface area (Å²) in [5.41, 5.74) is 1.04. The van der Waals surface area contributed by atoms with Crippen molar-refractivity contribution in [1.29, 1.82) is 0 Å². The van der Waals surface area contributed by atoms with E-state index in [1.165, 1.54) is 0 Å². The highest BCUT2D eigenvalue weighted by Gasteiger charge is 2.10. The number of nitrogens with zero attached hydrogens (tertiary/aromatic N) is 1. The Morgan fingerprint density at radius 2 is 2.40 bits per heavy atom. The van der Waals surface area contributed by atoms with Gasteiger partial charge in [0.2, 0.25) is 0 Å². The van der Waals surface area contributed by atoms with E-state index < -0.39 is 6.10 Å². The predicted molar refractivity (Wildman–Crippen MR) is 61.2 cm³/mol. The van der Waals surface area contributed by atoms with Crippen LogP contribution in [-0.2, 0) is 4.74 Å². The minimum atomic E-state index is -0.460. The summed E-state index contributed by atoms with van der Waals surface area (Å²) >= 11 is 1.64. The third-order valence-corrected chi connectivity index (χ3v) is 3.17. The number of ether oxygens (including phenoxy) is 1. The SMILES string of the molecule is COCC(O)CNC(C)c1nc(C)cs1. The van der Waals surface area contributed by atoms with Crippen molar-refractivity contribution in [2.24, 2.45) is 0 Å². The summed E-state index contributed by atoms with van der Waals surface area (Å²) in [7, 11) is 1.58. The summed E-state index contributed by atoms with van der Waals surface area (Å²) in [6, 6.07) is 0.176. The Hall–Kier alpha value is -0.490. The average molecular weight is 230 g/mol. The van der Waals surface area contributed by atoms with Gasteiger partial charge in [0.1, 0.15) is 5.01 Å². The standard InChI is InChI=1S/C10H18N2O2S/c1-7-6-15-10(12-7)8(2)11-4-9(13)5-14-3/h6,8-9,11,13H,4-5H2,1-3H3. The number of rotatable bonds is 6. The lowest BCUT2D eigenvalue weighted by molar-refractivity contribution is 0.0630. The highest BCUT2D eigenvalue weighted by molar-refractivity contribution is 7.09. The fourth-order valence-electron chi connectivity index (χ4n) is 1.22. The summed E-state index contributed by atoms with van der Waals surface area (Å²) in [5.74, 6) is 0. The van der Waals surface area contributed by atoms with E-state index in [1.54, 1.807) is 18.4 Å². The zero-order valence-electron chi connectivity index (χ0n) is 9.36. The topological polar surface area (TPSA) is 54.4 Å². The number of hydrogen-bond acceptors (Lipinski definition) is 5. The third-order valence-electron chi connectivity index (χ3n) is 2.03. The predicted octanol–water partition coefficient (Wildman–Crippen LogP) is 1.11. The van der Waals surface area contributed by atoms with Crippen LogP contribution >= 0.6 is 11.3 Å². The molecule has 5 heteroatoms. The molecule has 2 atom stereocenters. The van der Waals surface area contributed by atoms with Gasteiger partial charge in [-0.3, -0.25) is 0 Å². The molecule has 86 valence electrons. The molecule has 0 amide bonds. The zero-order chi connectivity index (χ0) is 11.3. The van der Waals surface area contributed by atoms with Gasteiger partial charge in [-0.25, -0.2) is 4.98 Å². The van der Waals surface area contributed by atoms with Crippen LogP contribution in [0.4, 0.5) is 0 Å². The van der Waals surface area contributed by atoms with Gasteiger partial charge in [0.25, 0.3) is 0 Å². The Balaban J connectivity index is 2.33. The van der Waals surface area contributed by atoms with Gasteiger partial charge in [-0.1, -0.05) is 0 Å². The summed E-state index contributed by atoms with van der Waals surface area (Å²) < 4.78 is 4.84. The average Bonchev–Trinajstić information content (AvgIpc) is 2.62. The maximum Gasteiger partial charge on any atom is 0.110 e. The number of hydrogen-bond donors (Lipinski definition) is 2. The molecule has 0 aliphatic rings. The number of methoxy groups -OCH3 is 1. The molecule has 0 radical (unpaired) electrons. The second kappa shape index (κ2) is 6.17. The molecule has 0 saturated carbocycles. The van der Waals surface area contributed by atoms with E-state index in [1.807, 2.05) is 19.2 Å². The summed E-state index contributed by atoms with van der Waals surface area (Å²) in [6.07, 6.45) is -0.460. The van der Waals surface area contributed by atoms with E-state index in [2.05, 4.69) is 10.3 Å². The van der Waals surface area contributed by atoms with E-state index in [0.717, 1.165) is 10.7 Å². The molecule has 0 bridgehead atoms. The lowest BCUT2D eigenvalue weighted by Gasteiger charge is -2.14. The van der Waals surface area contributed by atoms with Crippen molar-refractivity contribution >= 4 is 11.3 Å². The molecule has 0 fully saturated rings. The molecule has 0 aliphatic carbocycles. The van der Waals surface area contributed by atoms with Crippen LogP contribution in [0.2, 0.25) is 0 Å². The molecule has 2 unspecified atom stereocenters. The number of nitrogens with one attached hydrogen (secondary N) is 1. The van der Waals surface area contributed by atoms with Crippen LogP contribution in [0.25, 0.3) is 0 Å². The van der Waals surface area contributed by atoms with Crippen molar-refractivity contribution in [3.8, 4) is 0 Å². The van der Waals surface area contributed by atoms with Crippen molar-refractivity contribution in [3.63, 3.8) is 0 Å². The highest BCUT2D eigenvalue weighted by atomic mass is 32.1. The Labute approximate surface area is 94.3 Å². The fourth-order valence-corrected chi connectivity index (χ4v) is 2.05. The third kappa shape index (κ3) is 4.25. The lowest BCUT2D eigenvalue weighted by atomic mass is 10.3. The maximum absolute atomic E-state index is 9.45. The number of aliphatic hydroxyl groups is 1. The van der Waals surface area contributed by atoms with Crippen LogP contribution in [-0.4, -0.2) is 36.5 Å². The first kappa shape index (κ1) is 12.6. The van der Waals surface area contributed by atoms with Crippen LogP contribution < -0.4 is 5.32 Å². The molecular formula is C10H18N2O2S. The van der Waals surface area contributed by atoms with Gasteiger partial charge < -0.3 is 15.2 Å². The van der Waals surface area contributed by atoms with Gasteiger partial charge in [0, 0.05) is 24.7 Å². The fraction of sp³-hybridized carbons (Fsp3) is 0.700. The lowest BCUT2D eigenvalue weighted by Crippen LogP contribution is -2.31. The van der Waals surface area contributed by atoms with Gasteiger partial charge in [0.15, 0.2) is 0 Å². The van der Waals surface area contributed by atoms with Crippen LogP contribution in [0.1, 0.15) is 23.7 Å². The van der Waals surface area contributed by atoms with Crippen LogP contribution in [0, 0.1) is 6.92 Å². The molecule has 1 heterocycles. The van der Waals surface area contributed by atoms with Crippen LogP contribution in [0.3, 0.4) is 0 Å². The normalized spacial score (nSPS) is 15.2. The Bertz CT molecular complexity index is 291. The summed E-state index contributed by atoms with van der Waals surface area (Å²) in [4.78, 5) is 4.38. The highest BCUT2D eigenvalue weighted by Crippen LogP contribution is 2.16. The smallest absolute Gasteiger partial charge is 0.110 e. The van der Waals surface area contributed by atoms with Crippen LogP contribution in [0.15, 0.2) is 5.38 Å². The Morgan fingerprint density at radius 1 is 1.67 bits per heavy atom. The molecule has 0 saturated heterocycles. The minimum Gasteiger partial charge on any atom is -0.389 e. The van der Waals surface area contributed by atoms with Crippen molar-refractivity contribution in [3.05, 3.63) is 16.1 Å².